The number of rotatable bonds is 5. The number of carbonyl (C=O) groups is 2. The van der Waals surface area contributed by atoms with E-state index in [1.165, 1.54) is 44.6 Å². The monoisotopic (exact) mass is 403 g/mol. The van der Waals surface area contributed by atoms with Crippen molar-refractivity contribution in [2.75, 3.05) is 13.2 Å². The number of esters is 1. The highest BCUT2D eigenvalue weighted by Crippen LogP contribution is 2.63. The number of hydrogen-bond donors (Lipinski definition) is 1. The van der Waals surface area contributed by atoms with Crippen molar-refractivity contribution in [2.24, 2.45) is 40.4 Å². The molecular formula is C25H41NO3. The van der Waals surface area contributed by atoms with E-state index in [4.69, 9.17) is 4.74 Å². The van der Waals surface area contributed by atoms with Crippen LogP contribution in [0.3, 0.4) is 0 Å². The molecule has 7 atom stereocenters. The maximum Gasteiger partial charge on any atom is 0.302 e. The van der Waals surface area contributed by atoms with Crippen LogP contribution in [0.25, 0.3) is 0 Å². The summed E-state index contributed by atoms with van der Waals surface area (Å²) in [5, 5.41) is 3.17. The van der Waals surface area contributed by atoms with Crippen molar-refractivity contribution in [3.8, 4) is 0 Å². The van der Waals surface area contributed by atoms with Crippen LogP contribution < -0.4 is 5.32 Å². The highest BCUT2D eigenvalue weighted by atomic mass is 16.5. The van der Waals surface area contributed by atoms with Crippen LogP contribution in [0.1, 0.15) is 79.6 Å². The molecule has 0 spiro atoms. The fraction of sp³-hybridized carbons (Fsp3) is 0.840. The minimum atomic E-state index is -0.177. The second-order valence-electron chi connectivity index (χ2n) is 10.8. The van der Waals surface area contributed by atoms with Crippen LogP contribution >= 0.6 is 0 Å². The lowest BCUT2D eigenvalue weighted by molar-refractivity contribution is -0.148. The van der Waals surface area contributed by atoms with Gasteiger partial charge in [0.2, 0.25) is 5.91 Å². The van der Waals surface area contributed by atoms with Gasteiger partial charge in [-0.3, -0.25) is 9.59 Å². The first kappa shape index (κ1) is 22.4. The fourth-order valence-electron chi connectivity index (χ4n) is 7.16. The van der Waals surface area contributed by atoms with Crippen LogP contribution in [-0.2, 0) is 14.3 Å². The van der Waals surface area contributed by atoms with Crippen molar-refractivity contribution < 1.29 is 14.3 Å². The summed E-state index contributed by atoms with van der Waals surface area (Å²) in [5.74, 6) is 2.56. The highest BCUT2D eigenvalue weighted by Gasteiger charge is 2.56. The van der Waals surface area contributed by atoms with Crippen molar-refractivity contribution >= 4 is 11.9 Å². The SMILES string of the molecule is C=C1CCC2[C@H](CNC(C)=O)C([C@@]3(C)CC[C@H](C)C[C@@H]3COC(C)=O)CC[C@]12C. The normalized spacial score (nSPS) is 42.2. The minimum Gasteiger partial charge on any atom is -0.466 e. The molecule has 1 amide bonds. The number of hydrogen-bond acceptors (Lipinski definition) is 3. The fourth-order valence-corrected chi connectivity index (χ4v) is 7.16. The molecule has 0 aromatic rings. The van der Waals surface area contributed by atoms with Gasteiger partial charge in [0.05, 0.1) is 6.61 Å². The van der Waals surface area contributed by atoms with Crippen LogP contribution in [0.15, 0.2) is 12.2 Å². The smallest absolute Gasteiger partial charge is 0.302 e. The summed E-state index contributed by atoms with van der Waals surface area (Å²) < 4.78 is 5.55. The van der Waals surface area contributed by atoms with Crippen LogP contribution in [0.2, 0.25) is 0 Å². The third-order valence-corrected chi connectivity index (χ3v) is 9.11. The zero-order valence-corrected chi connectivity index (χ0v) is 19.2. The van der Waals surface area contributed by atoms with Crippen LogP contribution in [0, 0.1) is 40.4 Å². The van der Waals surface area contributed by atoms with E-state index >= 15 is 0 Å². The van der Waals surface area contributed by atoms with E-state index in [1.54, 1.807) is 6.92 Å². The van der Waals surface area contributed by atoms with Gasteiger partial charge in [-0.2, -0.15) is 0 Å². The van der Waals surface area contributed by atoms with E-state index in [1.807, 2.05) is 0 Å². The van der Waals surface area contributed by atoms with Crippen molar-refractivity contribution in [3.63, 3.8) is 0 Å². The molecule has 0 aromatic heterocycles. The number of amides is 1. The molecule has 4 nitrogen and oxygen atoms in total. The van der Waals surface area contributed by atoms with Crippen LogP contribution in [-0.4, -0.2) is 25.0 Å². The van der Waals surface area contributed by atoms with E-state index in [-0.39, 0.29) is 22.7 Å². The van der Waals surface area contributed by atoms with E-state index in [0.717, 1.165) is 19.4 Å². The Kier molecular flexibility index (Phi) is 6.50. The Hall–Kier alpha value is -1.32. The summed E-state index contributed by atoms with van der Waals surface area (Å²) in [6.45, 7) is 16.0. The third kappa shape index (κ3) is 4.27. The topological polar surface area (TPSA) is 55.4 Å². The molecule has 4 heteroatoms. The van der Waals surface area contributed by atoms with Gasteiger partial charge >= 0.3 is 5.97 Å². The van der Waals surface area contributed by atoms with Gasteiger partial charge in [0.15, 0.2) is 0 Å². The molecule has 1 N–H and O–H groups in total. The van der Waals surface area contributed by atoms with Gasteiger partial charge < -0.3 is 10.1 Å². The lowest BCUT2D eigenvalue weighted by Crippen LogP contribution is -2.53. The van der Waals surface area contributed by atoms with Gasteiger partial charge in [0.25, 0.3) is 0 Å². The van der Waals surface area contributed by atoms with Crippen molar-refractivity contribution in [3.05, 3.63) is 12.2 Å². The lowest BCUT2D eigenvalue weighted by atomic mass is 9.49. The van der Waals surface area contributed by atoms with E-state index in [9.17, 15) is 9.59 Å². The predicted octanol–water partition coefficient (Wildman–Crippen LogP) is 5.13. The van der Waals surface area contributed by atoms with Crippen LogP contribution in [0.5, 0.6) is 0 Å². The number of carbonyl (C=O) groups excluding carboxylic acids is 2. The number of ether oxygens (including phenoxy) is 1. The van der Waals surface area contributed by atoms with E-state index in [2.05, 4.69) is 32.7 Å². The van der Waals surface area contributed by atoms with Crippen molar-refractivity contribution in [2.45, 2.75) is 79.6 Å². The molecule has 3 fully saturated rings. The first-order chi connectivity index (χ1) is 13.6. The summed E-state index contributed by atoms with van der Waals surface area (Å²) in [6, 6.07) is 0. The molecule has 0 aliphatic heterocycles. The highest BCUT2D eigenvalue weighted by molar-refractivity contribution is 5.72. The molecule has 0 heterocycles. The van der Waals surface area contributed by atoms with E-state index < -0.39 is 0 Å². The molecule has 0 saturated heterocycles. The Morgan fingerprint density at radius 3 is 2.52 bits per heavy atom. The van der Waals surface area contributed by atoms with Gasteiger partial charge in [0, 0.05) is 20.4 Å². The van der Waals surface area contributed by atoms with Crippen molar-refractivity contribution in [1.29, 1.82) is 0 Å². The Morgan fingerprint density at radius 2 is 1.86 bits per heavy atom. The molecule has 29 heavy (non-hydrogen) atoms. The number of allylic oxidation sites excluding steroid dienone is 1. The molecule has 3 aliphatic carbocycles. The second kappa shape index (κ2) is 8.43. The largest absolute Gasteiger partial charge is 0.466 e. The molecule has 3 aliphatic rings. The molecule has 0 aromatic carbocycles. The summed E-state index contributed by atoms with van der Waals surface area (Å²) in [5.41, 5.74) is 1.77. The second-order valence-corrected chi connectivity index (χ2v) is 10.8. The Balaban J connectivity index is 1.90. The minimum absolute atomic E-state index is 0.0618. The Bertz CT molecular complexity index is 658. The van der Waals surface area contributed by atoms with Gasteiger partial charge in [-0.05, 0) is 78.9 Å². The molecular weight excluding hydrogens is 362 g/mol. The van der Waals surface area contributed by atoms with Gasteiger partial charge in [-0.15, -0.1) is 0 Å². The first-order valence-corrected chi connectivity index (χ1v) is 11.6. The van der Waals surface area contributed by atoms with Gasteiger partial charge in [-0.25, -0.2) is 0 Å². The van der Waals surface area contributed by atoms with Gasteiger partial charge in [-0.1, -0.05) is 39.3 Å². The molecule has 0 bridgehead atoms. The molecule has 3 saturated carbocycles. The molecule has 0 radical (unpaired) electrons. The average Bonchev–Trinajstić information content (AvgIpc) is 2.95. The summed E-state index contributed by atoms with van der Waals surface area (Å²) >= 11 is 0. The Labute approximate surface area is 177 Å². The van der Waals surface area contributed by atoms with Crippen LogP contribution in [0.4, 0.5) is 0 Å². The molecule has 2 unspecified atom stereocenters. The third-order valence-electron chi connectivity index (χ3n) is 9.11. The zero-order chi connectivity index (χ0) is 21.4. The lowest BCUT2D eigenvalue weighted by Gasteiger charge is -2.57. The molecule has 164 valence electrons. The predicted molar refractivity (Wildman–Crippen MR) is 116 cm³/mol. The summed E-state index contributed by atoms with van der Waals surface area (Å²) in [4.78, 5) is 23.3. The van der Waals surface area contributed by atoms with E-state index in [0.29, 0.717) is 36.2 Å². The summed E-state index contributed by atoms with van der Waals surface area (Å²) in [6.07, 6.45) is 8.24. The number of nitrogens with one attached hydrogen (secondary N) is 1. The zero-order valence-electron chi connectivity index (χ0n) is 19.2. The van der Waals surface area contributed by atoms with Crippen molar-refractivity contribution in [1.82, 2.24) is 5.32 Å². The molecule has 3 rings (SSSR count). The average molecular weight is 404 g/mol. The summed E-state index contributed by atoms with van der Waals surface area (Å²) in [7, 11) is 0. The Morgan fingerprint density at radius 1 is 1.14 bits per heavy atom. The maximum atomic E-state index is 11.8. The van der Waals surface area contributed by atoms with Gasteiger partial charge in [0.1, 0.15) is 0 Å². The standard InChI is InChI=1S/C25H41NO3/c1-16-9-11-25(6,20(13-16)15-29-19(4)28)23-10-12-24(5)17(2)7-8-22(24)21(23)14-26-18(3)27/h16,20-23H,2,7-15H2,1,3-6H3,(H,26,27)/t16-,20+,21-,22?,23?,24+,25-/m0/s1. The number of fused-ring (bicyclic) bond motifs is 1. The first-order valence-electron chi connectivity index (χ1n) is 11.6. The maximum absolute atomic E-state index is 11.8. The quantitative estimate of drug-likeness (QED) is 0.511.